The first-order valence-electron chi connectivity index (χ1n) is 8.00. The Kier molecular flexibility index (Phi) is 7.59. The molecule has 0 spiro atoms. The van der Waals surface area contributed by atoms with Crippen molar-refractivity contribution in [3.8, 4) is 5.75 Å². The fraction of sp³-hybridized carbons (Fsp3) is 0.150. The number of esters is 2. The van der Waals surface area contributed by atoms with E-state index in [1.54, 1.807) is 30.3 Å². The highest BCUT2D eigenvalue weighted by Gasteiger charge is 2.21. The molecule has 0 amide bonds. The first-order valence-corrected chi connectivity index (χ1v) is 8.38. The third-order valence-electron chi connectivity index (χ3n) is 3.42. The van der Waals surface area contributed by atoms with E-state index in [-0.39, 0.29) is 27.9 Å². The summed E-state index contributed by atoms with van der Waals surface area (Å²) in [6, 6.07) is 12.5. The zero-order valence-electron chi connectivity index (χ0n) is 15.1. The smallest absolute Gasteiger partial charge is 0.377 e. The molecule has 8 heteroatoms. The minimum absolute atomic E-state index is 0.0183. The van der Waals surface area contributed by atoms with E-state index in [0.29, 0.717) is 5.56 Å². The number of hydrogen-bond donors (Lipinski definition) is 0. The van der Waals surface area contributed by atoms with Gasteiger partial charge in [-0.1, -0.05) is 41.9 Å². The topological polar surface area (TPSA) is 88.1 Å². The summed E-state index contributed by atoms with van der Waals surface area (Å²) in [6.45, 7) is -0.466. The van der Waals surface area contributed by atoms with Gasteiger partial charge in [-0.3, -0.25) is 4.79 Å². The van der Waals surface area contributed by atoms with E-state index < -0.39 is 18.5 Å². The summed E-state index contributed by atoms with van der Waals surface area (Å²) in [4.78, 5) is 36.3. The van der Waals surface area contributed by atoms with Gasteiger partial charge in [0.05, 0.1) is 14.2 Å². The van der Waals surface area contributed by atoms with Crippen molar-refractivity contribution in [2.45, 2.75) is 0 Å². The minimum Gasteiger partial charge on any atom is -0.500 e. The summed E-state index contributed by atoms with van der Waals surface area (Å²) in [5.74, 6) is -2.33. The molecule has 0 saturated heterocycles. The fourth-order valence-electron chi connectivity index (χ4n) is 2.11. The Labute approximate surface area is 166 Å². The molecule has 0 fully saturated rings. The zero-order chi connectivity index (χ0) is 20.5. The number of Topliss-reactive ketones (excluding diaryl/α,β-unsaturated/α-hetero) is 1. The maximum absolute atomic E-state index is 12.5. The van der Waals surface area contributed by atoms with Crippen molar-refractivity contribution in [1.82, 2.24) is 0 Å². The zero-order valence-corrected chi connectivity index (χ0v) is 15.9. The lowest BCUT2D eigenvalue weighted by Gasteiger charge is -2.12. The van der Waals surface area contributed by atoms with E-state index in [9.17, 15) is 14.4 Å². The van der Waals surface area contributed by atoms with Crippen LogP contribution in [0.3, 0.4) is 0 Å². The van der Waals surface area contributed by atoms with Crippen LogP contribution in [0, 0.1) is 0 Å². The van der Waals surface area contributed by atoms with Crippen molar-refractivity contribution >= 4 is 29.3 Å². The van der Waals surface area contributed by atoms with Crippen molar-refractivity contribution in [3.05, 3.63) is 76.7 Å². The molecule has 0 atom stereocenters. The van der Waals surface area contributed by atoms with E-state index >= 15 is 0 Å². The van der Waals surface area contributed by atoms with Gasteiger partial charge in [0, 0.05) is 10.6 Å². The molecule has 2 aromatic rings. The lowest BCUT2D eigenvalue weighted by molar-refractivity contribution is -0.138. The van der Waals surface area contributed by atoms with Gasteiger partial charge in [0.2, 0.25) is 5.76 Å². The molecule has 0 aliphatic heterocycles. The summed E-state index contributed by atoms with van der Waals surface area (Å²) >= 11 is 5.95. The van der Waals surface area contributed by atoms with Gasteiger partial charge >= 0.3 is 11.9 Å². The monoisotopic (exact) mass is 404 g/mol. The van der Waals surface area contributed by atoms with Crippen LogP contribution in [-0.4, -0.2) is 38.5 Å². The molecular formula is C20H17ClO7. The Hall–Kier alpha value is -3.32. The average molecular weight is 405 g/mol. The summed E-state index contributed by atoms with van der Waals surface area (Å²) in [5, 5.41) is 0.240. The Morgan fingerprint density at radius 2 is 1.75 bits per heavy atom. The van der Waals surface area contributed by atoms with Gasteiger partial charge < -0.3 is 18.9 Å². The summed E-state index contributed by atoms with van der Waals surface area (Å²) in [6.07, 6.45) is 1.02. The predicted octanol–water partition coefficient (Wildman–Crippen LogP) is 3.42. The molecule has 0 aromatic heterocycles. The highest BCUT2D eigenvalue weighted by molar-refractivity contribution is 6.31. The maximum atomic E-state index is 12.5. The lowest BCUT2D eigenvalue weighted by atomic mass is 10.1. The number of carbonyl (C=O) groups is 3. The Bertz CT molecular complexity index is 891. The van der Waals surface area contributed by atoms with Crippen LogP contribution in [0.5, 0.6) is 5.75 Å². The van der Waals surface area contributed by atoms with Crippen molar-refractivity contribution in [2.24, 2.45) is 0 Å². The number of hydrogen-bond acceptors (Lipinski definition) is 7. The van der Waals surface area contributed by atoms with E-state index in [4.69, 9.17) is 25.8 Å². The summed E-state index contributed by atoms with van der Waals surface area (Å²) in [5.41, 5.74) is 0.341. The predicted molar refractivity (Wildman–Crippen MR) is 100 cm³/mol. The van der Waals surface area contributed by atoms with Crippen molar-refractivity contribution in [2.75, 3.05) is 20.8 Å². The maximum Gasteiger partial charge on any atom is 0.377 e. The van der Waals surface area contributed by atoms with Gasteiger partial charge in [0.1, 0.15) is 17.6 Å². The van der Waals surface area contributed by atoms with Gasteiger partial charge in [0.25, 0.3) is 0 Å². The van der Waals surface area contributed by atoms with Crippen LogP contribution < -0.4 is 4.74 Å². The van der Waals surface area contributed by atoms with E-state index in [2.05, 4.69) is 4.74 Å². The SMILES string of the molecule is CO/C=C(/Oc1ccc(Cl)cc1C(=O)OCC(=O)c1ccccc1)C(=O)OC. The van der Waals surface area contributed by atoms with Gasteiger partial charge in [-0.25, -0.2) is 9.59 Å². The summed E-state index contributed by atoms with van der Waals surface area (Å²) < 4.78 is 19.9. The number of rotatable bonds is 8. The van der Waals surface area contributed by atoms with Crippen molar-refractivity contribution in [1.29, 1.82) is 0 Å². The van der Waals surface area contributed by atoms with Gasteiger partial charge in [-0.2, -0.15) is 0 Å². The molecule has 0 N–H and O–H groups in total. The van der Waals surface area contributed by atoms with Crippen molar-refractivity contribution in [3.63, 3.8) is 0 Å². The molecule has 2 aromatic carbocycles. The lowest BCUT2D eigenvalue weighted by Crippen LogP contribution is -2.16. The molecule has 0 unspecified atom stereocenters. The van der Waals surface area contributed by atoms with E-state index in [0.717, 1.165) is 6.26 Å². The number of carbonyl (C=O) groups excluding carboxylic acids is 3. The fourth-order valence-corrected chi connectivity index (χ4v) is 2.28. The second kappa shape index (κ2) is 10.1. The molecule has 2 rings (SSSR count). The molecule has 7 nitrogen and oxygen atoms in total. The Balaban J connectivity index is 2.18. The van der Waals surface area contributed by atoms with Gasteiger partial charge in [0.15, 0.2) is 12.4 Å². The van der Waals surface area contributed by atoms with Crippen LogP contribution in [0.1, 0.15) is 20.7 Å². The van der Waals surface area contributed by atoms with Crippen molar-refractivity contribution < 1.29 is 33.3 Å². The number of methoxy groups -OCH3 is 2. The van der Waals surface area contributed by atoms with Crippen LogP contribution in [-0.2, 0) is 19.0 Å². The molecule has 0 saturated carbocycles. The van der Waals surface area contributed by atoms with Gasteiger partial charge in [-0.05, 0) is 18.2 Å². The third-order valence-corrected chi connectivity index (χ3v) is 3.66. The molecule has 0 aliphatic rings. The number of benzene rings is 2. The van der Waals surface area contributed by atoms with E-state index in [1.165, 1.54) is 32.4 Å². The normalized spacial score (nSPS) is 10.8. The highest BCUT2D eigenvalue weighted by atomic mass is 35.5. The molecule has 146 valence electrons. The largest absolute Gasteiger partial charge is 0.500 e. The number of ketones is 1. The second-order valence-electron chi connectivity index (χ2n) is 5.32. The van der Waals surface area contributed by atoms with Crippen LogP contribution in [0.4, 0.5) is 0 Å². The van der Waals surface area contributed by atoms with Crippen LogP contribution in [0.15, 0.2) is 60.6 Å². The van der Waals surface area contributed by atoms with Crippen LogP contribution in [0.2, 0.25) is 5.02 Å². The molecular weight excluding hydrogens is 388 g/mol. The standard InChI is InChI=1S/C20H17ClO7/c1-25-12-18(20(24)26-2)28-17-9-8-14(21)10-15(17)19(23)27-11-16(22)13-6-4-3-5-7-13/h3-10,12H,11H2,1-2H3/b18-12+. The Morgan fingerprint density at radius 1 is 1.04 bits per heavy atom. The number of ether oxygens (including phenoxy) is 4. The van der Waals surface area contributed by atoms with E-state index in [1.807, 2.05) is 0 Å². The molecule has 28 heavy (non-hydrogen) atoms. The first kappa shape index (κ1) is 21.0. The Morgan fingerprint density at radius 3 is 2.39 bits per heavy atom. The third kappa shape index (κ3) is 5.59. The van der Waals surface area contributed by atoms with Crippen LogP contribution >= 0.6 is 11.6 Å². The minimum atomic E-state index is -0.844. The first-order chi connectivity index (χ1) is 13.5. The quantitative estimate of drug-likeness (QED) is 0.288. The highest BCUT2D eigenvalue weighted by Crippen LogP contribution is 2.26. The summed E-state index contributed by atoms with van der Waals surface area (Å²) in [7, 11) is 2.49. The van der Waals surface area contributed by atoms with Crippen LogP contribution in [0.25, 0.3) is 0 Å². The molecule has 0 heterocycles. The molecule has 0 aliphatic carbocycles. The second-order valence-corrected chi connectivity index (χ2v) is 5.75. The molecule has 0 bridgehead atoms. The average Bonchev–Trinajstić information content (AvgIpc) is 2.72. The number of halogens is 1. The van der Waals surface area contributed by atoms with Gasteiger partial charge in [-0.15, -0.1) is 0 Å². The molecule has 0 radical (unpaired) electrons.